The van der Waals surface area contributed by atoms with E-state index in [0.29, 0.717) is 11.4 Å². The Hall–Kier alpha value is -1.22. The second kappa shape index (κ2) is 5.75. The summed E-state index contributed by atoms with van der Waals surface area (Å²) >= 11 is 0. The van der Waals surface area contributed by atoms with Crippen molar-refractivity contribution in [2.75, 3.05) is 12.8 Å². The Labute approximate surface area is 97.2 Å². The first kappa shape index (κ1) is 12.8. The van der Waals surface area contributed by atoms with Gasteiger partial charge in [-0.25, -0.2) is 0 Å². The third kappa shape index (κ3) is 2.67. The van der Waals surface area contributed by atoms with Gasteiger partial charge in [-0.15, -0.1) is 0 Å². The molecule has 0 aliphatic rings. The summed E-state index contributed by atoms with van der Waals surface area (Å²) in [6, 6.07) is 5.51. The number of methoxy groups -OCH3 is 1. The van der Waals surface area contributed by atoms with Crippen LogP contribution in [0.1, 0.15) is 38.4 Å². The maximum Gasteiger partial charge on any atom is 0.142 e. The van der Waals surface area contributed by atoms with Crippen LogP contribution in [0.3, 0.4) is 0 Å². The maximum absolute atomic E-state index is 10.2. The third-order valence-electron chi connectivity index (χ3n) is 2.92. The topological polar surface area (TPSA) is 55.5 Å². The van der Waals surface area contributed by atoms with E-state index in [-0.39, 0.29) is 5.92 Å². The molecule has 0 radical (unpaired) electrons. The maximum atomic E-state index is 10.2. The Balaban J connectivity index is 2.94. The van der Waals surface area contributed by atoms with Gasteiger partial charge >= 0.3 is 0 Å². The zero-order valence-corrected chi connectivity index (χ0v) is 10.2. The molecule has 2 atom stereocenters. The Kier molecular flexibility index (Phi) is 4.62. The molecule has 90 valence electrons. The number of hydrogen-bond donors (Lipinski definition) is 2. The number of nitrogen functional groups attached to an aromatic ring is 1. The number of ether oxygens (including phenoxy) is 1. The van der Waals surface area contributed by atoms with E-state index >= 15 is 0 Å². The average molecular weight is 223 g/mol. The fourth-order valence-corrected chi connectivity index (χ4v) is 1.92. The first-order chi connectivity index (χ1) is 7.61. The lowest BCUT2D eigenvalue weighted by Gasteiger charge is -2.21. The smallest absolute Gasteiger partial charge is 0.142 e. The fourth-order valence-electron chi connectivity index (χ4n) is 1.92. The lowest BCUT2D eigenvalue weighted by atomic mass is 9.92. The monoisotopic (exact) mass is 223 g/mol. The van der Waals surface area contributed by atoms with Gasteiger partial charge in [-0.2, -0.15) is 0 Å². The van der Waals surface area contributed by atoms with E-state index < -0.39 is 6.10 Å². The second-order valence-corrected chi connectivity index (χ2v) is 4.17. The van der Waals surface area contributed by atoms with E-state index in [4.69, 9.17) is 10.5 Å². The summed E-state index contributed by atoms with van der Waals surface area (Å²) < 4.78 is 5.14. The van der Waals surface area contributed by atoms with Gasteiger partial charge in [0.25, 0.3) is 0 Å². The van der Waals surface area contributed by atoms with Crippen LogP contribution >= 0.6 is 0 Å². The van der Waals surface area contributed by atoms with Gasteiger partial charge in [-0.3, -0.25) is 0 Å². The molecule has 3 N–H and O–H groups in total. The molecule has 16 heavy (non-hydrogen) atoms. The van der Waals surface area contributed by atoms with Crippen LogP contribution in [0.15, 0.2) is 18.2 Å². The number of aliphatic hydroxyl groups is 1. The minimum Gasteiger partial charge on any atom is -0.495 e. The lowest BCUT2D eigenvalue weighted by Crippen LogP contribution is -2.11. The van der Waals surface area contributed by atoms with E-state index in [1.165, 1.54) is 0 Å². The van der Waals surface area contributed by atoms with E-state index in [1.54, 1.807) is 13.2 Å². The van der Waals surface area contributed by atoms with Crippen molar-refractivity contribution in [3.8, 4) is 5.75 Å². The predicted octanol–water partition coefficient (Wildman–Crippen LogP) is 2.75. The Morgan fingerprint density at radius 1 is 1.44 bits per heavy atom. The minimum absolute atomic E-state index is 0.208. The molecule has 0 saturated carbocycles. The normalized spacial score (nSPS) is 14.5. The van der Waals surface area contributed by atoms with Crippen molar-refractivity contribution < 1.29 is 9.84 Å². The minimum atomic E-state index is -0.518. The molecule has 0 saturated heterocycles. The molecule has 2 unspecified atom stereocenters. The van der Waals surface area contributed by atoms with Crippen molar-refractivity contribution in [3.05, 3.63) is 23.8 Å². The summed E-state index contributed by atoms with van der Waals surface area (Å²) in [5, 5.41) is 10.2. The number of nitrogens with two attached hydrogens (primary N) is 1. The van der Waals surface area contributed by atoms with Crippen LogP contribution in [-0.2, 0) is 0 Å². The zero-order valence-electron chi connectivity index (χ0n) is 10.2. The number of rotatable bonds is 5. The summed E-state index contributed by atoms with van der Waals surface area (Å²) in [7, 11) is 1.58. The Morgan fingerprint density at radius 2 is 2.12 bits per heavy atom. The molecule has 0 bridgehead atoms. The summed E-state index contributed by atoms with van der Waals surface area (Å²) in [6.45, 7) is 4.14. The van der Waals surface area contributed by atoms with Crippen molar-refractivity contribution in [1.29, 1.82) is 0 Å². The van der Waals surface area contributed by atoms with Crippen molar-refractivity contribution >= 4 is 5.69 Å². The summed E-state index contributed by atoms with van der Waals surface area (Å²) in [6.07, 6.45) is 1.52. The van der Waals surface area contributed by atoms with Crippen LogP contribution < -0.4 is 10.5 Å². The molecule has 0 aliphatic heterocycles. The molecule has 0 aliphatic carbocycles. The molecule has 0 heterocycles. The highest BCUT2D eigenvalue weighted by Crippen LogP contribution is 2.34. The molecular formula is C13H21NO2. The first-order valence-corrected chi connectivity index (χ1v) is 5.72. The largest absolute Gasteiger partial charge is 0.495 e. The van der Waals surface area contributed by atoms with Gasteiger partial charge < -0.3 is 15.6 Å². The Bertz CT molecular complexity index is 339. The van der Waals surface area contributed by atoms with Crippen molar-refractivity contribution in [3.63, 3.8) is 0 Å². The van der Waals surface area contributed by atoms with Gasteiger partial charge in [0.2, 0.25) is 0 Å². The number of hydrogen-bond acceptors (Lipinski definition) is 3. The summed E-state index contributed by atoms with van der Waals surface area (Å²) in [5.74, 6) is 0.833. The number of para-hydroxylation sites is 1. The molecule has 1 aromatic rings. The zero-order chi connectivity index (χ0) is 12.1. The summed E-state index contributed by atoms with van der Waals surface area (Å²) in [5.41, 5.74) is 7.25. The second-order valence-electron chi connectivity index (χ2n) is 4.17. The van der Waals surface area contributed by atoms with Crippen molar-refractivity contribution in [1.82, 2.24) is 0 Å². The van der Waals surface area contributed by atoms with E-state index in [0.717, 1.165) is 18.4 Å². The molecule has 1 rings (SSSR count). The predicted molar refractivity (Wildman–Crippen MR) is 66.4 cm³/mol. The van der Waals surface area contributed by atoms with Gasteiger partial charge in [-0.1, -0.05) is 32.4 Å². The highest BCUT2D eigenvalue weighted by atomic mass is 16.5. The first-order valence-electron chi connectivity index (χ1n) is 5.72. The molecule has 0 spiro atoms. The average Bonchev–Trinajstić information content (AvgIpc) is 2.29. The van der Waals surface area contributed by atoms with Crippen LogP contribution in [0.5, 0.6) is 5.75 Å². The number of aliphatic hydroxyl groups excluding tert-OH is 1. The molecule has 0 amide bonds. The number of benzene rings is 1. The molecular weight excluding hydrogens is 202 g/mol. The van der Waals surface area contributed by atoms with Crippen LogP contribution in [0.2, 0.25) is 0 Å². The van der Waals surface area contributed by atoms with E-state index in [1.807, 2.05) is 19.1 Å². The standard InChI is InChI=1S/C13H21NO2/c1-4-6-9(2)13(15)10-7-5-8-11(16-3)12(10)14/h5,7-9,13,15H,4,6,14H2,1-3H3. The van der Waals surface area contributed by atoms with Gasteiger partial charge in [0.15, 0.2) is 0 Å². The molecule has 0 fully saturated rings. The molecule has 0 aromatic heterocycles. The van der Waals surface area contributed by atoms with Gasteiger partial charge in [0.05, 0.1) is 18.9 Å². The lowest BCUT2D eigenvalue weighted by molar-refractivity contribution is 0.113. The summed E-state index contributed by atoms with van der Waals surface area (Å²) in [4.78, 5) is 0. The van der Waals surface area contributed by atoms with E-state index in [9.17, 15) is 5.11 Å². The molecule has 3 heteroatoms. The fraction of sp³-hybridized carbons (Fsp3) is 0.538. The van der Waals surface area contributed by atoms with Crippen molar-refractivity contribution in [2.45, 2.75) is 32.8 Å². The Morgan fingerprint density at radius 3 is 2.69 bits per heavy atom. The van der Waals surface area contributed by atoms with Crippen LogP contribution in [0.25, 0.3) is 0 Å². The highest BCUT2D eigenvalue weighted by molar-refractivity contribution is 5.59. The molecule has 3 nitrogen and oxygen atoms in total. The highest BCUT2D eigenvalue weighted by Gasteiger charge is 2.19. The SMILES string of the molecule is CCCC(C)C(O)c1cccc(OC)c1N. The molecule has 1 aromatic carbocycles. The van der Waals surface area contributed by atoms with Crippen LogP contribution in [0.4, 0.5) is 5.69 Å². The number of anilines is 1. The van der Waals surface area contributed by atoms with Gasteiger partial charge in [0.1, 0.15) is 5.75 Å². The van der Waals surface area contributed by atoms with Crippen LogP contribution in [-0.4, -0.2) is 12.2 Å². The van der Waals surface area contributed by atoms with Gasteiger partial charge in [0, 0.05) is 5.56 Å². The quantitative estimate of drug-likeness (QED) is 0.755. The third-order valence-corrected chi connectivity index (χ3v) is 2.92. The van der Waals surface area contributed by atoms with Crippen LogP contribution in [0, 0.1) is 5.92 Å². The van der Waals surface area contributed by atoms with Gasteiger partial charge in [-0.05, 0) is 18.4 Å². The van der Waals surface area contributed by atoms with Crippen molar-refractivity contribution in [2.24, 2.45) is 5.92 Å². The van der Waals surface area contributed by atoms with E-state index in [2.05, 4.69) is 6.92 Å².